The highest BCUT2D eigenvalue weighted by Gasteiger charge is 2.03. The maximum absolute atomic E-state index is 11.2. The Morgan fingerprint density at radius 3 is 2.24 bits per heavy atom. The van der Waals surface area contributed by atoms with Gasteiger partial charge in [0.1, 0.15) is 0 Å². The molecule has 5 heteroatoms. The normalized spacial score (nSPS) is 10.2. The topological polar surface area (TPSA) is 72.8 Å². The number of hydrogen-bond acceptors (Lipinski definition) is 4. The maximum atomic E-state index is 11.2. The molecule has 0 saturated heterocycles. The number of aliphatic carboxylic acids is 1. The Hall–Kier alpha value is -1.10. The quantitative estimate of drug-likeness (QED) is 0.446. The lowest BCUT2D eigenvalue weighted by atomic mass is 10.2. The summed E-state index contributed by atoms with van der Waals surface area (Å²) in [6, 6.07) is 0. The van der Waals surface area contributed by atoms with E-state index in [-0.39, 0.29) is 12.4 Å². The number of carbonyl (C=O) groups excluding carboxylic acids is 1. The number of carboxylic acid groups (broad SMARTS) is 1. The van der Waals surface area contributed by atoms with Crippen LogP contribution >= 0.6 is 0 Å². The van der Waals surface area contributed by atoms with Crippen molar-refractivity contribution in [1.82, 2.24) is 0 Å². The van der Waals surface area contributed by atoms with Crippen molar-refractivity contribution in [2.24, 2.45) is 0 Å². The Morgan fingerprint density at radius 2 is 1.59 bits per heavy atom. The predicted octanol–water partition coefficient (Wildman–Crippen LogP) is 1.99. The lowest BCUT2D eigenvalue weighted by molar-refractivity contribution is -0.144. The molecule has 0 saturated carbocycles. The lowest BCUT2D eigenvalue weighted by Gasteiger charge is -2.04. The third-order valence-corrected chi connectivity index (χ3v) is 2.28. The Balaban J connectivity index is 3.20. The van der Waals surface area contributed by atoms with E-state index in [1.165, 1.54) is 0 Å². The van der Waals surface area contributed by atoms with Crippen LogP contribution in [0.25, 0.3) is 0 Å². The van der Waals surface area contributed by atoms with Crippen LogP contribution in [-0.2, 0) is 19.1 Å². The van der Waals surface area contributed by atoms with Crippen LogP contribution in [0.4, 0.5) is 0 Å². The van der Waals surface area contributed by atoms with Gasteiger partial charge in [0.2, 0.25) is 0 Å². The van der Waals surface area contributed by atoms with Gasteiger partial charge in [0.15, 0.2) is 0 Å². The third kappa shape index (κ3) is 12.8. The van der Waals surface area contributed by atoms with Gasteiger partial charge in [-0.3, -0.25) is 9.59 Å². The summed E-state index contributed by atoms with van der Waals surface area (Å²) < 4.78 is 9.90. The lowest BCUT2D eigenvalue weighted by Crippen LogP contribution is -2.06. The number of unbranched alkanes of at least 4 members (excludes halogenated alkanes) is 3. The van der Waals surface area contributed by atoms with Crippen LogP contribution in [0, 0.1) is 0 Å². The van der Waals surface area contributed by atoms with Crippen LogP contribution < -0.4 is 0 Å². The summed E-state index contributed by atoms with van der Waals surface area (Å²) in [7, 11) is 1.66. The molecule has 0 unspecified atom stereocenters. The first-order chi connectivity index (χ1) is 8.16. The molecule has 0 aliphatic heterocycles. The van der Waals surface area contributed by atoms with Crippen molar-refractivity contribution in [3.63, 3.8) is 0 Å². The van der Waals surface area contributed by atoms with Gasteiger partial charge in [0.25, 0.3) is 0 Å². The van der Waals surface area contributed by atoms with E-state index in [0.717, 1.165) is 25.9 Å². The van der Waals surface area contributed by atoms with Crippen molar-refractivity contribution in [1.29, 1.82) is 0 Å². The molecule has 0 aliphatic rings. The average Bonchev–Trinajstić information content (AvgIpc) is 2.29. The summed E-state index contributed by atoms with van der Waals surface area (Å²) in [5.74, 6) is -1.06. The van der Waals surface area contributed by atoms with Crippen molar-refractivity contribution in [2.45, 2.75) is 44.9 Å². The third-order valence-electron chi connectivity index (χ3n) is 2.28. The molecule has 0 heterocycles. The molecular formula is C12H22O5. The van der Waals surface area contributed by atoms with Gasteiger partial charge >= 0.3 is 11.9 Å². The molecule has 0 radical (unpaired) electrons. The molecule has 5 nitrogen and oxygen atoms in total. The summed E-state index contributed by atoms with van der Waals surface area (Å²) in [6.45, 7) is 1.19. The molecule has 0 rings (SSSR count). The van der Waals surface area contributed by atoms with Crippen LogP contribution in [-0.4, -0.2) is 37.4 Å². The minimum atomic E-state index is -0.823. The van der Waals surface area contributed by atoms with Gasteiger partial charge in [0, 0.05) is 26.6 Å². The van der Waals surface area contributed by atoms with Gasteiger partial charge in [0.05, 0.1) is 6.61 Å². The van der Waals surface area contributed by atoms with Crippen LogP contribution in [0.15, 0.2) is 0 Å². The van der Waals surface area contributed by atoms with E-state index in [1.807, 2.05) is 0 Å². The molecule has 0 aromatic heterocycles. The second-order valence-corrected chi connectivity index (χ2v) is 3.87. The predicted molar refractivity (Wildman–Crippen MR) is 62.8 cm³/mol. The number of carbonyl (C=O) groups is 2. The molecule has 0 bridgehead atoms. The molecule has 1 N–H and O–H groups in total. The summed E-state index contributed by atoms with van der Waals surface area (Å²) in [5, 5.41) is 8.40. The molecule has 0 amide bonds. The number of hydrogen-bond donors (Lipinski definition) is 1. The van der Waals surface area contributed by atoms with Crippen molar-refractivity contribution >= 4 is 11.9 Å². The highest BCUT2D eigenvalue weighted by Crippen LogP contribution is 2.02. The summed E-state index contributed by atoms with van der Waals surface area (Å²) in [5.41, 5.74) is 0. The van der Waals surface area contributed by atoms with Crippen molar-refractivity contribution in [3.05, 3.63) is 0 Å². The fourth-order valence-corrected chi connectivity index (χ4v) is 1.33. The van der Waals surface area contributed by atoms with Gasteiger partial charge in [-0.05, 0) is 32.1 Å². The maximum Gasteiger partial charge on any atom is 0.305 e. The number of esters is 1. The molecule has 0 spiro atoms. The van der Waals surface area contributed by atoms with Crippen molar-refractivity contribution in [3.8, 4) is 0 Å². The van der Waals surface area contributed by atoms with Crippen molar-refractivity contribution in [2.75, 3.05) is 20.3 Å². The Bertz CT molecular complexity index is 215. The molecule has 0 aromatic rings. The highest BCUT2D eigenvalue weighted by atomic mass is 16.5. The summed E-state index contributed by atoms with van der Waals surface area (Å²) in [4.78, 5) is 21.4. The van der Waals surface area contributed by atoms with Gasteiger partial charge in [-0.2, -0.15) is 0 Å². The first-order valence-corrected chi connectivity index (χ1v) is 6.03. The number of ether oxygens (including phenoxy) is 2. The first-order valence-electron chi connectivity index (χ1n) is 6.03. The van der Waals surface area contributed by atoms with E-state index in [1.54, 1.807) is 7.11 Å². The Kier molecular flexibility index (Phi) is 10.7. The summed E-state index contributed by atoms with van der Waals surface area (Å²) in [6.07, 6.45) is 4.35. The number of carboxylic acids is 1. The molecule has 0 aromatic carbocycles. The second kappa shape index (κ2) is 11.4. The SMILES string of the molecule is COCCCCCOC(=O)CCCCC(=O)O. The first kappa shape index (κ1) is 15.9. The Morgan fingerprint density at radius 1 is 0.941 bits per heavy atom. The molecule has 17 heavy (non-hydrogen) atoms. The minimum absolute atomic E-state index is 0.115. The average molecular weight is 246 g/mol. The van der Waals surface area contributed by atoms with Gasteiger partial charge in [-0.25, -0.2) is 0 Å². The van der Waals surface area contributed by atoms with Crippen LogP contribution in [0.1, 0.15) is 44.9 Å². The molecule has 0 fully saturated rings. The van der Waals surface area contributed by atoms with Gasteiger partial charge < -0.3 is 14.6 Å². The molecule has 0 atom stereocenters. The van der Waals surface area contributed by atoms with Crippen LogP contribution in [0.2, 0.25) is 0 Å². The van der Waals surface area contributed by atoms with E-state index >= 15 is 0 Å². The molecular weight excluding hydrogens is 224 g/mol. The zero-order valence-corrected chi connectivity index (χ0v) is 10.4. The summed E-state index contributed by atoms with van der Waals surface area (Å²) >= 11 is 0. The molecule has 100 valence electrons. The van der Waals surface area contributed by atoms with E-state index in [0.29, 0.717) is 25.9 Å². The van der Waals surface area contributed by atoms with Gasteiger partial charge in [-0.1, -0.05) is 0 Å². The largest absolute Gasteiger partial charge is 0.481 e. The van der Waals surface area contributed by atoms with Gasteiger partial charge in [-0.15, -0.1) is 0 Å². The van der Waals surface area contributed by atoms with Crippen LogP contribution in [0.3, 0.4) is 0 Å². The smallest absolute Gasteiger partial charge is 0.305 e. The fourth-order valence-electron chi connectivity index (χ4n) is 1.33. The zero-order valence-electron chi connectivity index (χ0n) is 10.4. The molecule has 0 aliphatic carbocycles. The van der Waals surface area contributed by atoms with E-state index in [2.05, 4.69) is 0 Å². The van der Waals surface area contributed by atoms with Crippen molar-refractivity contribution < 1.29 is 24.2 Å². The monoisotopic (exact) mass is 246 g/mol. The standard InChI is InChI=1S/C12H22O5/c1-16-9-5-2-6-10-17-12(15)8-4-3-7-11(13)14/h2-10H2,1H3,(H,13,14). The zero-order chi connectivity index (χ0) is 12.9. The number of rotatable bonds is 11. The highest BCUT2D eigenvalue weighted by molar-refractivity contribution is 5.69. The fraction of sp³-hybridized carbons (Fsp3) is 0.833. The minimum Gasteiger partial charge on any atom is -0.481 e. The van der Waals surface area contributed by atoms with E-state index < -0.39 is 5.97 Å². The van der Waals surface area contributed by atoms with E-state index in [4.69, 9.17) is 14.6 Å². The van der Waals surface area contributed by atoms with Crippen LogP contribution in [0.5, 0.6) is 0 Å². The Labute approximate surface area is 102 Å². The second-order valence-electron chi connectivity index (χ2n) is 3.87. The van der Waals surface area contributed by atoms with E-state index in [9.17, 15) is 9.59 Å². The number of methoxy groups -OCH3 is 1.